The summed E-state index contributed by atoms with van der Waals surface area (Å²) >= 11 is 0. The highest BCUT2D eigenvalue weighted by Crippen LogP contribution is 2.12. The standard InChI is InChI=1S/C14H26O/c1-11(2)8-6-7-9-13(5)14(15)10-12(3)4/h6-7,11-13H,8-10H2,1-5H3/b7-6+. The summed E-state index contributed by atoms with van der Waals surface area (Å²) in [5, 5.41) is 0. The average molecular weight is 210 g/mol. The van der Waals surface area contributed by atoms with Gasteiger partial charge in [0, 0.05) is 12.3 Å². The van der Waals surface area contributed by atoms with Crippen molar-refractivity contribution in [2.24, 2.45) is 17.8 Å². The van der Waals surface area contributed by atoms with Crippen LogP contribution < -0.4 is 0 Å². The predicted molar refractivity (Wildman–Crippen MR) is 66.8 cm³/mol. The van der Waals surface area contributed by atoms with E-state index in [1.165, 1.54) is 0 Å². The first-order chi connectivity index (χ1) is 6.93. The van der Waals surface area contributed by atoms with Crippen LogP contribution in [0.1, 0.15) is 53.9 Å². The Morgan fingerprint density at radius 2 is 1.47 bits per heavy atom. The zero-order chi connectivity index (χ0) is 11.8. The molecule has 15 heavy (non-hydrogen) atoms. The van der Waals surface area contributed by atoms with Crippen LogP contribution in [0, 0.1) is 17.8 Å². The van der Waals surface area contributed by atoms with Crippen LogP contribution in [0.5, 0.6) is 0 Å². The molecule has 0 N–H and O–H groups in total. The molecular weight excluding hydrogens is 184 g/mol. The molecule has 1 heteroatoms. The maximum absolute atomic E-state index is 11.6. The maximum atomic E-state index is 11.6. The molecule has 0 fully saturated rings. The van der Waals surface area contributed by atoms with E-state index >= 15 is 0 Å². The number of allylic oxidation sites excluding steroid dienone is 2. The zero-order valence-corrected chi connectivity index (χ0v) is 10.9. The van der Waals surface area contributed by atoms with Crippen molar-refractivity contribution < 1.29 is 4.79 Å². The fourth-order valence-corrected chi connectivity index (χ4v) is 1.40. The van der Waals surface area contributed by atoms with Crippen LogP contribution in [0.2, 0.25) is 0 Å². The lowest BCUT2D eigenvalue weighted by molar-refractivity contribution is -0.122. The molecule has 0 aromatic rings. The first-order valence-electron chi connectivity index (χ1n) is 6.11. The van der Waals surface area contributed by atoms with Crippen LogP contribution in [0.25, 0.3) is 0 Å². The van der Waals surface area contributed by atoms with Gasteiger partial charge >= 0.3 is 0 Å². The molecule has 0 rings (SSSR count). The van der Waals surface area contributed by atoms with Crippen LogP contribution >= 0.6 is 0 Å². The van der Waals surface area contributed by atoms with E-state index < -0.39 is 0 Å². The lowest BCUT2D eigenvalue weighted by Gasteiger charge is -2.09. The van der Waals surface area contributed by atoms with Crippen molar-refractivity contribution in [1.82, 2.24) is 0 Å². The quantitative estimate of drug-likeness (QED) is 0.575. The number of hydrogen-bond donors (Lipinski definition) is 0. The Labute approximate surface area is 95.0 Å². The molecule has 0 spiro atoms. The third-order valence-electron chi connectivity index (χ3n) is 2.42. The fraction of sp³-hybridized carbons (Fsp3) is 0.786. The van der Waals surface area contributed by atoms with E-state index in [-0.39, 0.29) is 5.92 Å². The van der Waals surface area contributed by atoms with E-state index in [1.54, 1.807) is 0 Å². The van der Waals surface area contributed by atoms with Gasteiger partial charge in [-0.05, 0) is 24.7 Å². The summed E-state index contributed by atoms with van der Waals surface area (Å²) in [4.78, 5) is 11.6. The van der Waals surface area contributed by atoms with Crippen molar-refractivity contribution >= 4 is 5.78 Å². The summed E-state index contributed by atoms with van der Waals surface area (Å²) in [7, 11) is 0. The van der Waals surface area contributed by atoms with E-state index in [9.17, 15) is 4.79 Å². The van der Waals surface area contributed by atoms with Crippen molar-refractivity contribution in [3.05, 3.63) is 12.2 Å². The van der Waals surface area contributed by atoms with Gasteiger partial charge in [0.25, 0.3) is 0 Å². The third kappa shape index (κ3) is 8.41. The molecule has 0 aliphatic rings. The Balaban J connectivity index is 3.77. The molecule has 0 saturated carbocycles. The van der Waals surface area contributed by atoms with Crippen LogP contribution in [0.4, 0.5) is 0 Å². The smallest absolute Gasteiger partial charge is 0.136 e. The number of carbonyl (C=O) groups is 1. The molecule has 0 aromatic heterocycles. The van der Waals surface area contributed by atoms with Gasteiger partial charge in [-0.3, -0.25) is 4.79 Å². The minimum Gasteiger partial charge on any atom is -0.299 e. The molecule has 0 heterocycles. The number of ketones is 1. The summed E-state index contributed by atoms with van der Waals surface area (Å²) in [5.41, 5.74) is 0. The van der Waals surface area contributed by atoms with Gasteiger partial charge in [-0.2, -0.15) is 0 Å². The van der Waals surface area contributed by atoms with E-state index in [4.69, 9.17) is 0 Å². The van der Waals surface area contributed by atoms with Gasteiger partial charge < -0.3 is 0 Å². The molecule has 1 atom stereocenters. The van der Waals surface area contributed by atoms with Gasteiger partial charge in [0.05, 0.1) is 0 Å². The third-order valence-corrected chi connectivity index (χ3v) is 2.42. The highest BCUT2D eigenvalue weighted by Gasteiger charge is 2.12. The Morgan fingerprint density at radius 3 is 1.93 bits per heavy atom. The molecule has 0 saturated heterocycles. The molecule has 0 radical (unpaired) electrons. The monoisotopic (exact) mass is 210 g/mol. The average Bonchev–Trinajstić information content (AvgIpc) is 2.10. The van der Waals surface area contributed by atoms with Gasteiger partial charge in [0.15, 0.2) is 0 Å². The van der Waals surface area contributed by atoms with Crippen molar-refractivity contribution in [2.75, 3.05) is 0 Å². The van der Waals surface area contributed by atoms with Gasteiger partial charge in [0.1, 0.15) is 5.78 Å². The van der Waals surface area contributed by atoms with E-state index in [0.717, 1.165) is 19.3 Å². The van der Waals surface area contributed by atoms with E-state index in [0.29, 0.717) is 17.6 Å². The van der Waals surface area contributed by atoms with Crippen molar-refractivity contribution in [3.8, 4) is 0 Å². The Kier molecular flexibility index (Phi) is 7.37. The summed E-state index contributed by atoms with van der Waals surface area (Å²) in [6, 6.07) is 0. The van der Waals surface area contributed by atoms with Crippen LogP contribution in [-0.4, -0.2) is 5.78 Å². The predicted octanol–water partition coefficient (Wildman–Crippen LogP) is 4.23. The minimum atomic E-state index is 0.191. The molecule has 0 aromatic carbocycles. The molecule has 0 aliphatic heterocycles. The van der Waals surface area contributed by atoms with Crippen molar-refractivity contribution in [1.29, 1.82) is 0 Å². The second kappa shape index (κ2) is 7.67. The zero-order valence-electron chi connectivity index (χ0n) is 10.9. The molecule has 1 unspecified atom stereocenters. The SMILES string of the molecule is CC(C)C/C=C/CC(C)C(=O)CC(C)C. The summed E-state index contributed by atoms with van der Waals surface area (Å²) in [5.74, 6) is 1.79. The van der Waals surface area contributed by atoms with Gasteiger partial charge in [-0.1, -0.05) is 46.8 Å². The Hall–Kier alpha value is -0.590. The van der Waals surface area contributed by atoms with Crippen LogP contribution in [-0.2, 0) is 4.79 Å². The fourth-order valence-electron chi connectivity index (χ4n) is 1.40. The largest absolute Gasteiger partial charge is 0.299 e. The molecule has 0 amide bonds. The Morgan fingerprint density at radius 1 is 0.933 bits per heavy atom. The van der Waals surface area contributed by atoms with Gasteiger partial charge in [0.2, 0.25) is 0 Å². The number of hydrogen-bond acceptors (Lipinski definition) is 1. The lowest BCUT2D eigenvalue weighted by Crippen LogP contribution is -2.12. The second-order valence-corrected chi connectivity index (χ2v) is 5.30. The highest BCUT2D eigenvalue weighted by molar-refractivity contribution is 5.80. The topological polar surface area (TPSA) is 17.1 Å². The van der Waals surface area contributed by atoms with Crippen molar-refractivity contribution in [2.45, 2.75) is 53.9 Å². The van der Waals surface area contributed by atoms with Crippen LogP contribution in [0.15, 0.2) is 12.2 Å². The minimum absolute atomic E-state index is 0.191. The molecule has 88 valence electrons. The summed E-state index contributed by atoms with van der Waals surface area (Å²) < 4.78 is 0. The van der Waals surface area contributed by atoms with Crippen LogP contribution in [0.3, 0.4) is 0 Å². The first-order valence-corrected chi connectivity index (χ1v) is 6.11. The highest BCUT2D eigenvalue weighted by atomic mass is 16.1. The summed E-state index contributed by atoms with van der Waals surface area (Å²) in [6.07, 6.45) is 7.09. The molecule has 0 bridgehead atoms. The van der Waals surface area contributed by atoms with Gasteiger partial charge in [-0.15, -0.1) is 0 Å². The molecule has 1 nitrogen and oxygen atoms in total. The van der Waals surface area contributed by atoms with E-state index in [2.05, 4.69) is 39.8 Å². The molecule has 0 aliphatic carbocycles. The number of rotatable bonds is 7. The lowest BCUT2D eigenvalue weighted by atomic mass is 9.95. The first kappa shape index (κ1) is 14.4. The normalized spacial score (nSPS) is 14.1. The maximum Gasteiger partial charge on any atom is 0.136 e. The van der Waals surface area contributed by atoms with E-state index in [1.807, 2.05) is 6.92 Å². The Bertz CT molecular complexity index is 201. The molecular formula is C14H26O. The second-order valence-electron chi connectivity index (χ2n) is 5.30. The number of Topliss-reactive ketones (excluding diaryl/α,β-unsaturated/α-hetero) is 1. The number of carbonyl (C=O) groups excluding carboxylic acids is 1. The summed E-state index contributed by atoms with van der Waals surface area (Å²) in [6.45, 7) is 10.6. The van der Waals surface area contributed by atoms with Crippen molar-refractivity contribution in [3.63, 3.8) is 0 Å². The van der Waals surface area contributed by atoms with Gasteiger partial charge in [-0.25, -0.2) is 0 Å².